The monoisotopic (exact) mass is 294 g/mol. The summed E-state index contributed by atoms with van der Waals surface area (Å²) in [6.07, 6.45) is -0.780. The maximum absolute atomic E-state index is 10.4. The predicted octanol–water partition coefficient (Wildman–Crippen LogP) is 4.11. The van der Waals surface area contributed by atoms with Gasteiger partial charge in [-0.05, 0) is 34.9 Å². The topological polar surface area (TPSA) is 29.5 Å². The van der Waals surface area contributed by atoms with Crippen LogP contribution in [-0.4, -0.2) is 5.11 Å². The summed E-state index contributed by atoms with van der Waals surface area (Å²) in [7, 11) is 0. The highest BCUT2D eigenvalue weighted by molar-refractivity contribution is 6.33. The van der Waals surface area contributed by atoms with Crippen molar-refractivity contribution in [3.8, 4) is 0 Å². The highest BCUT2D eigenvalue weighted by Crippen LogP contribution is 2.32. The van der Waals surface area contributed by atoms with Crippen LogP contribution in [0.25, 0.3) is 0 Å². The first kappa shape index (κ1) is 12.9. The Bertz CT molecular complexity index is 626. The third-order valence-electron chi connectivity index (χ3n) is 3.31. The molecule has 2 nitrogen and oxygen atoms in total. The van der Waals surface area contributed by atoms with Crippen molar-refractivity contribution in [3.63, 3.8) is 0 Å². The first-order valence-electron chi connectivity index (χ1n) is 5.97. The smallest absolute Gasteiger partial charge is 0.106 e. The zero-order valence-electron chi connectivity index (χ0n) is 10.1. The minimum atomic E-state index is -0.780. The van der Waals surface area contributed by atoms with Crippen LogP contribution in [0.1, 0.15) is 28.4 Å². The molecule has 3 rings (SSSR count). The molecule has 1 aliphatic rings. The van der Waals surface area contributed by atoms with E-state index in [2.05, 4.69) is 0 Å². The molecule has 2 aromatic carbocycles. The van der Waals surface area contributed by atoms with Crippen LogP contribution in [0.2, 0.25) is 10.0 Å². The number of aliphatic hydroxyl groups is 1. The second kappa shape index (κ2) is 5.14. The van der Waals surface area contributed by atoms with Crippen LogP contribution in [0.15, 0.2) is 36.4 Å². The van der Waals surface area contributed by atoms with E-state index in [4.69, 9.17) is 27.9 Å². The van der Waals surface area contributed by atoms with E-state index < -0.39 is 6.10 Å². The number of hydrogen-bond donors (Lipinski definition) is 1. The molecule has 0 saturated heterocycles. The second-order valence-electron chi connectivity index (χ2n) is 4.59. The molecule has 98 valence electrons. The van der Waals surface area contributed by atoms with Crippen molar-refractivity contribution >= 4 is 23.2 Å². The first-order valence-corrected chi connectivity index (χ1v) is 6.73. The van der Waals surface area contributed by atoms with Crippen LogP contribution in [0.5, 0.6) is 0 Å². The molecular formula is C15H12Cl2O2. The predicted molar refractivity (Wildman–Crippen MR) is 75.5 cm³/mol. The molecule has 1 atom stereocenters. The van der Waals surface area contributed by atoms with Gasteiger partial charge in [-0.1, -0.05) is 41.4 Å². The Morgan fingerprint density at radius 1 is 1.00 bits per heavy atom. The van der Waals surface area contributed by atoms with Gasteiger partial charge in [0.1, 0.15) is 6.10 Å². The minimum Gasteiger partial charge on any atom is -0.384 e. The molecule has 2 aromatic rings. The van der Waals surface area contributed by atoms with E-state index in [1.165, 1.54) is 5.56 Å². The van der Waals surface area contributed by atoms with Crippen LogP contribution in [-0.2, 0) is 18.0 Å². The number of rotatable bonds is 2. The van der Waals surface area contributed by atoms with Crippen molar-refractivity contribution in [1.29, 1.82) is 0 Å². The molecule has 1 N–H and O–H groups in total. The van der Waals surface area contributed by atoms with Gasteiger partial charge in [-0.15, -0.1) is 0 Å². The molecule has 0 spiro atoms. The van der Waals surface area contributed by atoms with Gasteiger partial charge in [-0.25, -0.2) is 0 Å². The zero-order chi connectivity index (χ0) is 13.4. The van der Waals surface area contributed by atoms with E-state index in [0.717, 1.165) is 11.1 Å². The lowest BCUT2D eigenvalue weighted by Crippen LogP contribution is -2.01. The normalized spacial score (nSPS) is 15.3. The SMILES string of the molecule is OC(c1ccc2c(c1)COC2)c1cc(Cl)ccc1Cl. The molecule has 1 heterocycles. The van der Waals surface area contributed by atoms with Gasteiger partial charge < -0.3 is 9.84 Å². The number of ether oxygens (including phenoxy) is 1. The van der Waals surface area contributed by atoms with E-state index in [0.29, 0.717) is 28.8 Å². The highest BCUT2D eigenvalue weighted by Gasteiger charge is 2.18. The lowest BCUT2D eigenvalue weighted by molar-refractivity contribution is 0.134. The number of benzene rings is 2. The van der Waals surface area contributed by atoms with Crippen LogP contribution in [0.3, 0.4) is 0 Å². The van der Waals surface area contributed by atoms with Gasteiger partial charge in [0.05, 0.1) is 13.2 Å². The maximum Gasteiger partial charge on any atom is 0.106 e. The van der Waals surface area contributed by atoms with E-state index in [1.807, 2.05) is 18.2 Å². The van der Waals surface area contributed by atoms with Crippen molar-refractivity contribution in [3.05, 3.63) is 68.7 Å². The Labute approximate surface area is 121 Å². The lowest BCUT2D eigenvalue weighted by Gasteiger charge is -2.14. The molecule has 0 amide bonds. The third-order valence-corrected chi connectivity index (χ3v) is 3.89. The van der Waals surface area contributed by atoms with Crippen molar-refractivity contribution < 1.29 is 9.84 Å². The number of fused-ring (bicyclic) bond motifs is 1. The average Bonchev–Trinajstić information content (AvgIpc) is 2.88. The van der Waals surface area contributed by atoms with Crippen molar-refractivity contribution in [2.75, 3.05) is 0 Å². The molecule has 4 heteroatoms. The van der Waals surface area contributed by atoms with E-state index in [9.17, 15) is 5.11 Å². The van der Waals surface area contributed by atoms with Crippen LogP contribution < -0.4 is 0 Å². The van der Waals surface area contributed by atoms with Crippen LogP contribution >= 0.6 is 23.2 Å². The zero-order valence-corrected chi connectivity index (χ0v) is 11.6. The van der Waals surface area contributed by atoms with Crippen molar-refractivity contribution in [2.24, 2.45) is 0 Å². The summed E-state index contributed by atoms with van der Waals surface area (Å²) in [5.41, 5.74) is 3.71. The van der Waals surface area contributed by atoms with Gasteiger partial charge >= 0.3 is 0 Å². The Balaban J connectivity index is 1.99. The summed E-state index contributed by atoms with van der Waals surface area (Å²) in [4.78, 5) is 0. The van der Waals surface area contributed by atoms with E-state index in [1.54, 1.807) is 18.2 Å². The minimum absolute atomic E-state index is 0.508. The summed E-state index contributed by atoms with van der Waals surface area (Å²) in [5, 5.41) is 11.5. The molecule has 0 radical (unpaired) electrons. The summed E-state index contributed by atoms with van der Waals surface area (Å²) in [5.74, 6) is 0. The average molecular weight is 295 g/mol. The molecule has 0 saturated carbocycles. The highest BCUT2D eigenvalue weighted by atomic mass is 35.5. The summed E-state index contributed by atoms with van der Waals surface area (Å²) in [6.45, 7) is 1.24. The van der Waals surface area contributed by atoms with Gasteiger partial charge in [0, 0.05) is 15.6 Å². The second-order valence-corrected chi connectivity index (χ2v) is 5.43. The fourth-order valence-electron chi connectivity index (χ4n) is 2.27. The van der Waals surface area contributed by atoms with Gasteiger partial charge in [-0.2, -0.15) is 0 Å². The molecule has 0 bridgehead atoms. The van der Waals surface area contributed by atoms with Gasteiger partial charge in [0.25, 0.3) is 0 Å². The Kier molecular flexibility index (Phi) is 3.50. The van der Waals surface area contributed by atoms with Crippen molar-refractivity contribution in [1.82, 2.24) is 0 Å². The van der Waals surface area contributed by atoms with Crippen LogP contribution in [0, 0.1) is 0 Å². The van der Waals surface area contributed by atoms with E-state index >= 15 is 0 Å². The fraction of sp³-hybridized carbons (Fsp3) is 0.200. The Morgan fingerprint density at radius 2 is 1.79 bits per heavy atom. The Morgan fingerprint density at radius 3 is 2.63 bits per heavy atom. The quantitative estimate of drug-likeness (QED) is 0.903. The molecule has 0 aliphatic carbocycles. The maximum atomic E-state index is 10.4. The molecule has 1 aliphatic heterocycles. The Hall–Kier alpha value is -1.06. The number of aliphatic hydroxyl groups excluding tert-OH is 1. The molecular weight excluding hydrogens is 283 g/mol. The van der Waals surface area contributed by atoms with Gasteiger partial charge in [-0.3, -0.25) is 0 Å². The fourth-order valence-corrected chi connectivity index (χ4v) is 2.67. The van der Waals surface area contributed by atoms with Gasteiger partial charge in [0.2, 0.25) is 0 Å². The molecule has 1 unspecified atom stereocenters. The summed E-state index contributed by atoms with van der Waals surface area (Å²) in [6, 6.07) is 10.9. The van der Waals surface area contributed by atoms with Crippen molar-refractivity contribution in [2.45, 2.75) is 19.3 Å². The van der Waals surface area contributed by atoms with Crippen LogP contribution in [0.4, 0.5) is 0 Å². The molecule has 19 heavy (non-hydrogen) atoms. The molecule has 0 aromatic heterocycles. The number of halogens is 2. The standard InChI is InChI=1S/C15H12Cl2O2/c16-12-3-4-14(17)13(6-12)15(18)9-1-2-10-7-19-8-11(10)5-9/h1-6,15,18H,7-8H2. The first-order chi connectivity index (χ1) is 9.15. The lowest BCUT2D eigenvalue weighted by atomic mass is 9.98. The third kappa shape index (κ3) is 2.49. The largest absolute Gasteiger partial charge is 0.384 e. The number of hydrogen-bond acceptors (Lipinski definition) is 2. The van der Waals surface area contributed by atoms with E-state index in [-0.39, 0.29) is 0 Å². The summed E-state index contributed by atoms with van der Waals surface area (Å²) < 4.78 is 5.37. The summed E-state index contributed by atoms with van der Waals surface area (Å²) >= 11 is 12.1. The molecule has 0 fully saturated rings. The van der Waals surface area contributed by atoms with Gasteiger partial charge in [0.15, 0.2) is 0 Å².